The Bertz CT molecular complexity index is 885. The summed E-state index contributed by atoms with van der Waals surface area (Å²) in [6, 6.07) is 0.111. The quantitative estimate of drug-likeness (QED) is 0.565. The molecule has 9 nitrogen and oxygen atoms in total. The molecule has 0 saturated heterocycles. The van der Waals surface area contributed by atoms with E-state index in [4.69, 9.17) is 9.47 Å². The molecule has 2 aromatic heterocycles. The Kier molecular flexibility index (Phi) is 6.71. The number of rotatable bonds is 7. The van der Waals surface area contributed by atoms with E-state index in [1.807, 2.05) is 13.8 Å². The molecule has 0 unspecified atom stereocenters. The maximum absolute atomic E-state index is 13.0. The highest BCUT2D eigenvalue weighted by molar-refractivity contribution is 6.10. The van der Waals surface area contributed by atoms with E-state index in [-0.39, 0.29) is 24.7 Å². The van der Waals surface area contributed by atoms with E-state index in [2.05, 4.69) is 15.4 Å². The Balaban J connectivity index is 2.50. The van der Waals surface area contributed by atoms with E-state index in [1.54, 1.807) is 38.6 Å². The van der Waals surface area contributed by atoms with Crippen molar-refractivity contribution < 1.29 is 23.9 Å². The summed E-state index contributed by atoms with van der Waals surface area (Å²) in [6.45, 7) is 9.05. The van der Waals surface area contributed by atoms with Gasteiger partial charge < -0.3 is 14.8 Å². The first kappa shape index (κ1) is 21.3. The molecule has 0 fully saturated rings. The van der Waals surface area contributed by atoms with Gasteiger partial charge in [-0.1, -0.05) is 13.8 Å². The third-order valence-electron chi connectivity index (χ3n) is 4.14. The molecule has 0 bridgehead atoms. The van der Waals surface area contributed by atoms with Gasteiger partial charge in [-0.15, -0.1) is 0 Å². The standard InChI is InChI=1S/C19H26N4O5/c1-7-27-18(25)15(19(26)28-8-2)21-17(24)12-9-13(10(3)4)20-16-14(12)11(5)22-23(16)6/h9-10,15H,7-8H2,1-6H3,(H,21,24). The predicted octanol–water partition coefficient (Wildman–Crippen LogP) is 1.62. The summed E-state index contributed by atoms with van der Waals surface area (Å²) >= 11 is 0. The van der Waals surface area contributed by atoms with Crippen molar-refractivity contribution in [2.24, 2.45) is 7.05 Å². The molecule has 2 heterocycles. The highest BCUT2D eigenvalue weighted by Gasteiger charge is 2.32. The van der Waals surface area contributed by atoms with Crippen molar-refractivity contribution in [3.05, 3.63) is 23.0 Å². The van der Waals surface area contributed by atoms with Crippen LogP contribution in [-0.4, -0.2) is 51.9 Å². The number of nitrogens with one attached hydrogen (secondary N) is 1. The van der Waals surface area contributed by atoms with Gasteiger partial charge in [-0.25, -0.2) is 14.6 Å². The van der Waals surface area contributed by atoms with Gasteiger partial charge in [0.15, 0.2) is 5.65 Å². The van der Waals surface area contributed by atoms with Gasteiger partial charge in [0, 0.05) is 12.7 Å². The lowest BCUT2D eigenvalue weighted by atomic mass is 10.0. The fraction of sp³-hybridized carbons (Fsp3) is 0.526. The second kappa shape index (κ2) is 8.81. The molecule has 1 amide bonds. The molecular formula is C19H26N4O5. The third-order valence-corrected chi connectivity index (χ3v) is 4.14. The molecule has 0 aliphatic rings. The first-order chi connectivity index (χ1) is 13.2. The maximum Gasteiger partial charge on any atom is 0.340 e. The van der Waals surface area contributed by atoms with Crippen LogP contribution in [0, 0.1) is 6.92 Å². The van der Waals surface area contributed by atoms with Gasteiger partial charge in [-0.2, -0.15) is 5.10 Å². The fourth-order valence-electron chi connectivity index (χ4n) is 2.81. The van der Waals surface area contributed by atoms with E-state index in [0.717, 1.165) is 0 Å². The zero-order valence-electron chi connectivity index (χ0n) is 17.0. The number of aryl methyl sites for hydroxylation is 2. The van der Waals surface area contributed by atoms with E-state index in [0.29, 0.717) is 22.4 Å². The molecule has 2 aromatic rings. The molecule has 0 radical (unpaired) electrons. The van der Waals surface area contributed by atoms with Crippen LogP contribution < -0.4 is 5.32 Å². The molecule has 1 N–H and O–H groups in total. The number of esters is 2. The van der Waals surface area contributed by atoms with Gasteiger partial charge >= 0.3 is 11.9 Å². The SMILES string of the molecule is CCOC(=O)C(NC(=O)c1cc(C(C)C)nc2c1c(C)nn2C)C(=O)OCC. The van der Waals surface area contributed by atoms with Crippen LogP contribution >= 0.6 is 0 Å². The topological polar surface area (TPSA) is 112 Å². The van der Waals surface area contributed by atoms with Crippen LogP contribution in [-0.2, 0) is 26.1 Å². The Morgan fingerprint density at radius 1 is 1.14 bits per heavy atom. The molecule has 0 spiro atoms. The Hall–Kier alpha value is -2.97. The van der Waals surface area contributed by atoms with E-state index in [1.165, 1.54) is 0 Å². The minimum atomic E-state index is -1.55. The Labute approximate surface area is 163 Å². The first-order valence-corrected chi connectivity index (χ1v) is 9.19. The lowest BCUT2D eigenvalue weighted by Crippen LogP contribution is -2.48. The summed E-state index contributed by atoms with van der Waals surface area (Å²) in [6.07, 6.45) is 0. The molecular weight excluding hydrogens is 364 g/mol. The molecule has 152 valence electrons. The predicted molar refractivity (Wildman–Crippen MR) is 102 cm³/mol. The van der Waals surface area contributed by atoms with Gasteiger partial charge in [0.1, 0.15) is 0 Å². The molecule has 0 aromatic carbocycles. The number of hydrogen-bond donors (Lipinski definition) is 1. The van der Waals surface area contributed by atoms with Gasteiger partial charge in [-0.3, -0.25) is 9.48 Å². The van der Waals surface area contributed by atoms with E-state index >= 15 is 0 Å². The number of amides is 1. The Morgan fingerprint density at radius 3 is 2.21 bits per heavy atom. The summed E-state index contributed by atoms with van der Waals surface area (Å²) in [4.78, 5) is 42.0. The summed E-state index contributed by atoms with van der Waals surface area (Å²) < 4.78 is 11.4. The summed E-state index contributed by atoms with van der Waals surface area (Å²) in [7, 11) is 1.74. The van der Waals surface area contributed by atoms with Crippen molar-refractivity contribution in [1.29, 1.82) is 0 Å². The lowest BCUT2D eigenvalue weighted by Gasteiger charge is -2.17. The van der Waals surface area contributed by atoms with Crippen LogP contribution in [0.25, 0.3) is 11.0 Å². The molecule has 0 aliphatic heterocycles. The fourth-order valence-corrected chi connectivity index (χ4v) is 2.81. The van der Waals surface area contributed by atoms with E-state index in [9.17, 15) is 14.4 Å². The number of pyridine rings is 1. The van der Waals surface area contributed by atoms with Gasteiger partial charge in [0.2, 0.25) is 6.04 Å². The van der Waals surface area contributed by atoms with Gasteiger partial charge in [0.05, 0.1) is 29.9 Å². The van der Waals surface area contributed by atoms with Gasteiger partial charge in [-0.05, 0) is 32.8 Å². The van der Waals surface area contributed by atoms with Crippen LogP contribution in [0.1, 0.15) is 55.4 Å². The number of aromatic nitrogens is 3. The molecule has 0 aliphatic carbocycles. The zero-order valence-corrected chi connectivity index (χ0v) is 17.0. The summed E-state index contributed by atoms with van der Waals surface area (Å²) in [5.74, 6) is -2.27. The molecule has 0 atom stereocenters. The van der Waals surface area contributed by atoms with Crippen LogP contribution in [0.2, 0.25) is 0 Å². The summed E-state index contributed by atoms with van der Waals surface area (Å²) in [5.41, 5.74) is 2.16. The molecule has 28 heavy (non-hydrogen) atoms. The van der Waals surface area contributed by atoms with Crippen molar-refractivity contribution in [3.8, 4) is 0 Å². The number of nitrogens with zero attached hydrogens (tertiary/aromatic N) is 3. The minimum Gasteiger partial charge on any atom is -0.464 e. The second-order valence-corrected chi connectivity index (χ2v) is 6.57. The average Bonchev–Trinajstić information content (AvgIpc) is 2.93. The number of fused-ring (bicyclic) bond motifs is 1. The lowest BCUT2D eigenvalue weighted by molar-refractivity contribution is -0.157. The number of hydrogen-bond acceptors (Lipinski definition) is 7. The average molecular weight is 390 g/mol. The van der Waals surface area contributed by atoms with Crippen molar-refractivity contribution in [2.75, 3.05) is 13.2 Å². The van der Waals surface area contributed by atoms with Crippen LogP contribution in [0.5, 0.6) is 0 Å². The highest BCUT2D eigenvalue weighted by atomic mass is 16.6. The first-order valence-electron chi connectivity index (χ1n) is 9.19. The van der Waals surface area contributed by atoms with Crippen LogP contribution in [0.3, 0.4) is 0 Å². The minimum absolute atomic E-state index is 0.0667. The molecule has 0 saturated carbocycles. The monoisotopic (exact) mass is 390 g/mol. The van der Waals surface area contributed by atoms with Crippen molar-refractivity contribution in [3.63, 3.8) is 0 Å². The summed E-state index contributed by atoms with van der Waals surface area (Å²) in [5, 5.41) is 7.34. The smallest absolute Gasteiger partial charge is 0.340 e. The van der Waals surface area contributed by atoms with Crippen LogP contribution in [0.15, 0.2) is 6.07 Å². The Morgan fingerprint density at radius 2 is 1.71 bits per heavy atom. The van der Waals surface area contributed by atoms with Crippen molar-refractivity contribution in [2.45, 2.75) is 46.6 Å². The van der Waals surface area contributed by atoms with Crippen molar-refractivity contribution in [1.82, 2.24) is 20.1 Å². The number of ether oxygens (including phenoxy) is 2. The number of carbonyl (C=O) groups is 3. The molecule has 2 rings (SSSR count). The third kappa shape index (κ3) is 4.29. The van der Waals surface area contributed by atoms with Crippen LogP contribution in [0.4, 0.5) is 0 Å². The van der Waals surface area contributed by atoms with Gasteiger partial charge in [0.25, 0.3) is 5.91 Å². The normalized spacial score (nSPS) is 11.1. The maximum atomic E-state index is 13.0. The molecule has 9 heteroatoms. The zero-order chi connectivity index (χ0) is 21.0. The van der Waals surface area contributed by atoms with Crippen molar-refractivity contribution >= 4 is 28.9 Å². The number of carbonyl (C=O) groups excluding carboxylic acids is 3. The van der Waals surface area contributed by atoms with E-state index < -0.39 is 23.9 Å². The highest BCUT2D eigenvalue weighted by Crippen LogP contribution is 2.25. The second-order valence-electron chi connectivity index (χ2n) is 6.57. The largest absolute Gasteiger partial charge is 0.464 e.